The highest BCUT2D eigenvalue weighted by Crippen LogP contribution is 2.49. The summed E-state index contributed by atoms with van der Waals surface area (Å²) in [6.45, 7) is 4.16. The maximum atomic E-state index is 10.6. The highest BCUT2D eigenvalue weighted by Gasteiger charge is 2.44. The molecule has 3 atom stereocenters. The number of hydrogen-bond acceptors (Lipinski definition) is 2. The van der Waals surface area contributed by atoms with Crippen LogP contribution in [0.15, 0.2) is 22.7 Å². The van der Waals surface area contributed by atoms with Gasteiger partial charge in [0.05, 0.1) is 17.6 Å². The van der Waals surface area contributed by atoms with E-state index in [0.29, 0.717) is 5.92 Å². The summed E-state index contributed by atoms with van der Waals surface area (Å²) in [5.41, 5.74) is 1.37. The van der Waals surface area contributed by atoms with Gasteiger partial charge in [-0.1, -0.05) is 35.0 Å². The molecule has 96 valence electrons. The zero-order valence-electron chi connectivity index (χ0n) is 10.8. The Balaban J connectivity index is 2.32. The second kappa shape index (κ2) is 5.03. The van der Waals surface area contributed by atoms with E-state index in [1.165, 1.54) is 0 Å². The van der Waals surface area contributed by atoms with Crippen LogP contribution in [-0.2, 0) is 0 Å². The molecule has 0 bridgehead atoms. The minimum absolute atomic E-state index is 0.521. The topological polar surface area (TPSA) is 44.0 Å². The van der Waals surface area contributed by atoms with Gasteiger partial charge in [-0.25, -0.2) is 0 Å². The Morgan fingerprint density at radius 2 is 2.28 bits per heavy atom. The number of nitriles is 1. The second-order valence-electron chi connectivity index (χ2n) is 5.53. The number of nitrogens with zero attached hydrogens (tertiary/aromatic N) is 1. The lowest BCUT2D eigenvalue weighted by atomic mass is 9.78. The molecule has 1 N–H and O–H groups in total. The fraction of sp³-hybridized carbons (Fsp3) is 0.533. The lowest BCUT2D eigenvalue weighted by Gasteiger charge is -2.28. The van der Waals surface area contributed by atoms with Gasteiger partial charge in [0.2, 0.25) is 0 Å². The Labute approximate surface area is 117 Å². The first-order valence-electron chi connectivity index (χ1n) is 6.34. The van der Waals surface area contributed by atoms with Gasteiger partial charge in [0.25, 0.3) is 0 Å². The molecule has 0 radical (unpaired) electrons. The SMILES string of the molecule is Cc1ccc(C(O)C2(C#N)CCC(C)C2)cc1Br. The normalized spacial score (nSPS) is 28.9. The monoisotopic (exact) mass is 307 g/mol. The predicted molar refractivity (Wildman–Crippen MR) is 74.9 cm³/mol. The zero-order valence-corrected chi connectivity index (χ0v) is 12.4. The molecule has 1 aliphatic rings. The van der Waals surface area contributed by atoms with Crippen molar-refractivity contribution in [2.45, 2.75) is 39.2 Å². The van der Waals surface area contributed by atoms with Crippen molar-refractivity contribution in [3.63, 3.8) is 0 Å². The third-order valence-electron chi connectivity index (χ3n) is 4.05. The molecule has 3 heteroatoms. The molecule has 0 saturated heterocycles. The molecule has 2 rings (SSSR count). The second-order valence-corrected chi connectivity index (χ2v) is 6.38. The molecule has 1 fully saturated rings. The first-order valence-corrected chi connectivity index (χ1v) is 7.13. The van der Waals surface area contributed by atoms with Crippen molar-refractivity contribution in [3.05, 3.63) is 33.8 Å². The Kier molecular flexibility index (Phi) is 3.79. The maximum absolute atomic E-state index is 10.6. The fourth-order valence-corrected chi connectivity index (χ4v) is 3.24. The van der Waals surface area contributed by atoms with Crippen LogP contribution >= 0.6 is 15.9 Å². The van der Waals surface area contributed by atoms with Crippen LogP contribution in [0.1, 0.15) is 43.4 Å². The highest BCUT2D eigenvalue weighted by molar-refractivity contribution is 9.10. The first-order chi connectivity index (χ1) is 8.48. The van der Waals surface area contributed by atoms with Crippen LogP contribution in [0.2, 0.25) is 0 Å². The molecule has 18 heavy (non-hydrogen) atoms. The third-order valence-corrected chi connectivity index (χ3v) is 4.91. The molecule has 3 unspecified atom stereocenters. The maximum Gasteiger partial charge on any atom is 0.0976 e. The highest BCUT2D eigenvalue weighted by atomic mass is 79.9. The van der Waals surface area contributed by atoms with E-state index in [1.807, 2.05) is 25.1 Å². The van der Waals surface area contributed by atoms with Crippen LogP contribution in [0.3, 0.4) is 0 Å². The van der Waals surface area contributed by atoms with E-state index in [4.69, 9.17) is 0 Å². The third kappa shape index (κ3) is 2.32. The van der Waals surface area contributed by atoms with Crippen LogP contribution < -0.4 is 0 Å². The number of aliphatic hydroxyl groups excluding tert-OH is 1. The number of aryl methyl sites for hydroxylation is 1. The molecular formula is C15H18BrNO. The summed E-state index contributed by atoms with van der Waals surface area (Å²) < 4.78 is 0.984. The lowest BCUT2D eigenvalue weighted by Crippen LogP contribution is -2.24. The number of hydrogen-bond donors (Lipinski definition) is 1. The van der Waals surface area contributed by atoms with Gasteiger partial charge in [-0.05, 0) is 49.3 Å². The van der Waals surface area contributed by atoms with Crippen molar-refractivity contribution in [2.75, 3.05) is 0 Å². The van der Waals surface area contributed by atoms with E-state index in [2.05, 4.69) is 28.9 Å². The lowest BCUT2D eigenvalue weighted by molar-refractivity contribution is 0.0646. The van der Waals surface area contributed by atoms with Gasteiger partial charge in [0, 0.05) is 4.47 Å². The number of aliphatic hydroxyl groups is 1. The van der Waals surface area contributed by atoms with E-state index in [1.54, 1.807) is 0 Å². The van der Waals surface area contributed by atoms with Crippen LogP contribution in [0.5, 0.6) is 0 Å². The summed E-state index contributed by atoms with van der Waals surface area (Å²) in [4.78, 5) is 0. The molecular weight excluding hydrogens is 290 g/mol. The molecule has 0 aromatic heterocycles. The van der Waals surface area contributed by atoms with Gasteiger partial charge < -0.3 is 5.11 Å². The van der Waals surface area contributed by atoms with Crippen molar-refractivity contribution in [1.29, 1.82) is 5.26 Å². The quantitative estimate of drug-likeness (QED) is 0.893. The Bertz CT molecular complexity index is 494. The van der Waals surface area contributed by atoms with E-state index in [9.17, 15) is 10.4 Å². The predicted octanol–water partition coefficient (Wildman–Crippen LogP) is 4.12. The molecule has 2 nitrogen and oxygen atoms in total. The molecule has 0 aliphatic heterocycles. The van der Waals surface area contributed by atoms with Gasteiger partial charge in [0.15, 0.2) is 0 Å². The number of rotatable bonds is 2. The minimum Gasteiger partial charge on any atom is -0.387 e. The van der Waals surface area contributed by atoms with E-state index in [0.717, 1.165) is 34.9 Å². The summed E-state index contributed by atoms with van der Waals surface area (Å²) in [5.74, 6) is 0.521. The van der Waals surface area contributed by atoms with Gasteiger partial charge in [-0.15, -0.1) is 0 Å². The fourth-order valence-electron chi connectivity index (χ4n) is 2.84. The average Bonchev–Trinajstić information content (AvgIpc) is 2.75. The Morgan fingerprint density at radius 1 is 1.56 bits per heavy atom. The van der Waals surface area contributed by atoms with Gasteiger partial charge in [-0.2, -0.15) is 5.26 Å². The zero-order chi connectivity index (χ0) is 13.3. The summed E-state index contributed by atoms with van der Waals surface area (Å²) in [6.07, 6.45) is 1.91. The molecule has 1 aliphatic carbocycles. The summed E-state index contributed by atoms with van der Waals surface area (Å²) >= 11 is 3.48. The van der Waals surface area contributed by atoms with Crippen LogP contribution in [0.25, 0.3) is 0 Å². The first kappa shape index (κ1) is 13.6. The van der Waals surface area contributed by atoms with Gasteiger partial charge in [0.1, 0.15) is 0 Å². The minimum atomic E-state index is -0.690. The molecule has 0 heterocycles. The standard InChI is InChI=1S/C15H18BrNO/c1-10-5-6-15(8-10,9-17)14(18)12-4-3-11(2)13(16)7-12/h3-4,7,10,14,18H,5-6,8H2,1-2H3. The summed E-state index contributed by atoms with van der Waals surface area (Å²) in [5, 5.41) is 20.0. The van der Waals surface area contributed by atoms with Crippen molar-refractivity contribution in [1.82, 2.24) is 0 Å². The van der Waals surface area contributed by atoms with Crippen LogP contribution in [0.4, 0.5) is 0 Å². The summed E-state index contributed by atoms with van der Waals surface area (Å²) in [6, 6.07) is 8.21. The average molecular weight is 308 g/mol. The largest absolute Gasteiger partial charge is 0.387 e. The summed E-state index contributed by atoms with van der Waals surface area (Å²) in [7, 11) is 0. The molecule has 0 spiro atoms. The van der Waals surface area contributed by atoms with Crippen molar-refractivity contribution in [3.8, 4) is 6.07 Å². The van der Waals surface area contributed by atoms with Gasteiger partial charge >= 0.3 is 0 Å². The van der Waals surface area contributed by atoms with E-state index < -0.39 is 11.5 Å². The van der Waals surface area contributed by atoms with Crippen molar-refractivity contribution in [2.24, 2.45) is 11.3 Å². The molecule has 0 amide bonds. The Morgan fingerprint density at radius 3 is 2.78 bits per heavy atom. The van der Waals surface area contributed by atoms with Crippen molar-refractivity contribution >= 4 is 15.9 Å². The Hall–Kier alpha value is -0.850. The van der Waals surface area contributed by atoms with Crippen LogP contribution in [-0.4, -0.2) is 5.11 Å². The molecule has 1 saturated carbocycles. The van der Waals surface area contributed by atoms with E-state index >= 15 is 0 Å². The van der Waals surface area contributed by atoms with E-state index in [-0.39, 0.29) is 0 Å². The number of halogens is 1. The van der Waals surface area contributed by atoms with Crippen molar-refractivity contribution < 1.29 is 5.11 Å². The van der Waals surface area contributed by atoms with Gasteiger partial charge in [-0.3, -0.25) is 0 Å². The number of benzene rings is 1. The molecule has 1 aromatic rings. The molecule has 1 aromatic carbocycles. The van der Waals surface area contributed by atoms with Crippen LogP contribution in [0, 0.1) is 29.6 Å². The smallest absolute Gasteiger partial charge is 0.0976 e.